The number of pyridine rings is 1. The summed E-state index contributed by atoms with van der Waals surface area (Å²) in [6.07, 6.45) is 0.896. The highest BCUT2D eigenvalue weighted by Crippen LogP contribution is 2.29. The van der Waals surface area contributed by atoms with E-state index in [1.54, 1.807) is 0 Å². The van der Waals surface area contributed by atoms with Gasteiger partial charge in [-0.3, -0.25) is 4.98 Å². The molecule has 0 atom stereocenters. The van der Waals surface area contributed by atoms with Crippen molar-refractivity contribution in [2.45, 2.75) is 26.9 Å². The molecule has 1 N–H and O–H groups in total. The highest BCUT2D eigenvalue weighted by atomic mass is 16.5. The molecule has 2 aromatic carbocycles. The normalized spacial score (nSPS) is 10.8. The van der Waals surface area contributed by atoms with Crippen LogP contribution in [0, 0.1) is 6.92 Å². The van der Waals surface area contributed by atoms with Gasteiger partial charge in [-0.1, -0.05) is 55.5 Å². The summed E-state index contributed by atoms with van der Waals surface area (Å²) in [5.41, 5.74) is 6.27. The Hall–Kier alpha value is -3.54. The van der Waals surface area contributed by atoms with Crippen molar-refractivity contribution < 1.29 is 4.74 Å². The second kappa shape index (κ2) is 8.00. The number of aryl methyl sites for hydroxylation is 2. The first-order chi connectivity index (χ1) is 13.7. The smallest absolute Gasteiger partial charge is 0.180 e. The Morgan fingerprint density at radius 3 is 2.46 bits per heavy atom. The minimum absolute atomic E-state index is 0.514. The number of aromatic nitrogens is 5. The van der Waals surface area contributed by atoms with Crippen molar-refractivity contribution in [3.05, 3.63) is 77.6 Å². The van der Waals surface area contributed by atoms with Crippen LogP contribution in [0.3, 0.4) is 0 Å². The van der Waals surface area contributed by atoms with Gasteiger partial charge in [0.1, 0.15) is 12.4 Å². The molecule has 2 aromatic heterocycles. The van der Waals surface area contributed by atoms with Gasteiger partial charge in [0.05, 0.1) is 0 Å². The van der Waals surface area contributed by atoms with Gasteiger partial charge in [-0.15, -0.1) is 5.10 Å². The van der Waals surface area contributed by atoms with E-state index in [-0.39, 0.29) is 0 Å². The van der Waals surface area contributed by atoms with E-state index >= 15 is 0 Å². The van der Waals surface area contributed by atoms with Gasteiger partial charge in [0.2, 0.25) is 0 Å². The zero-order valence-corrected chi connectivity index (χ0v) is 15.9. The lowest BCUT2D eigenvalue weighted by atomic mass is 9.98. The maximum Gasteiger partial charge on any atom is 0.180 e. The van der Waals surface area contributed by atoms with Crippen molar-refractivity contribution in [1.29, 1.82) is 0 Å². The maximum absolute atomic E-state index is 5.97. The molecule has 6 nitrogen and oxygen atoms in total. The number of benzene rings is 2. The van der Waals surface area contributed by atoms with E-state index in [0.717, 1.165) is 45.8 Å². The molecular weight excluding hydrogens is 350 g/mol. The first kappa shape index (κ1) is 17.9. The van der Waals surface area contributed by atoms with E-state index in [4.69, 9.17) is 4.74 Å². The zero-order chi connectivity index (χ0) is 19.3. The molecule has 4 aromatic rings. The number of ether oxygens (including phenoxy) is 1. The Balaban J connectivity index is 1.52. The molecule has 0 bridgehead atoms. The molecule has 28 heavy (non-hydrogen) atoms. The molecule has 0 spiro atoms. The molecular formula is C22H21N5O. The molecule has 0 aliphatic carbocycles. The van der Waals surface area contributed by atoms with Crippen LogP contribution in [-0.4, -0.2) is 25.6 Å². The molecule has 0 aliphatic rings. The van der Waals surface area contributed by atoms with E-state index in [2.05, 4.69) is 62.9 Å². The van der Waals surface area contributed by atoms with Gasteiger partial charge in [0, 0.05) is 29.1 Å². The zero-order valence-electron chi connectivity index (χ0n) is 15.9. The number of rotatable bonds is 6. The van der Waals surface area contributed by atoms with Crippen LogP contribution in [0.15, 0.2) is 60.7 Å². The molecule has 0 unspecified atom stereocenters. The molecule has 4 rings (SSSR count). The summed E-state index contributed by atoms with van der Waals surface area (Å²) in [4.78, 5) is 4.49. The molecule has 6 heteroatoms. The molecule has 140 valence electrons. The van der Waals surface area contributed by atoms with Crippen LogP contribution < -0.4 is 4.74 Å². The minimum Gasteiger partial charge on any atom is -0.489 e. The van der Waals surface area contributed by atoms with Crippen molar-refractivity contribution in [2.75, 3.05) is 0 Å². The van der Waals surface area contributed by atoms with Gasteiger partial charge in [-0.05, 0) is 40.5 Å². The SMILES string of the molecule is CCc1cc(OCc2ccc(-c3ccccc3-c3nnn[nH]3)cc2)cc(C)n1. The summed E-state index contributed by atoms with van der Waals surface area (Å²) in [7, 11) is 0. The van der Waals surface area contributed by atoms with Crippen LogP contribution in [0.5, 0.6) is 5.75 Å². The van der Waals surface area contributed by atoms with Gasteiger partial charge in [-0.25, -0.2) is 5.10 Å². The quantitative estimate of drug-likeness (QED) is 0.544. The maximum atomic E-state index is 5.97. The highest BCUT2D eigenvalue weighted by molar-refractivity contribution is 5.80. The first-order valence-electron chi connectivity index (χ1n) is 9.25. The predicted molar refractivity (Wildman–Crippen MR) is 108 cm³/mol. The first-order valence-corrected chi connectivity index (χ1v) is 9.25. The van der Waals surface area contributed by atoms with Gasteiger partial charge in [0.15, 0.2) is 5.82 Å². The molecule has 0 amide bonds. The van der Waals surface area contributed by atoms with Gasteiger partial charge in [0.25, 0.3) is 0 Å². The van der Waals surface area contributed by atoms with Crippen molar-refractivity contribution in [3.63, 3.8) is 0 Å². The number of tetrazole rings is 1. The topological polar surface area (TPSA) is 76.6 Å². The Labute approximate surface area is 163 Å². The Morgan fingerprint density at radius 2 is 1.75 bits per heavy atom. The second-order valence-electron chi connectivity index (χ2n) is 6.57. The molecule has 0 saturated heterocycles. The van der Waals surface area contributed by atoms with E-state index in [9.17, 15) is 0 Å². The third kappa shape index (κ3) is 3.91. The summed E-state index contributed by atoms with van der Waals surface area (Å²) in [6.45, 7) is 4.60. The molecule has 2 heterocycles. The third-order valence-electron chi connectivity index (χ3n) is 4.54. The third-order valence-corrected chi connectivity index (χ3v) is 4.54. The predicted octanol–water partition coefficient (Wildman–Crippen LogP) is 4.38. The second-order valence-corrected chi connectivity index (χ2v) is 6.57. The van der Waals surface area contributed by atoms with Crippen LogP contribution in [0.2, 0.25) is 0 Å². The van der Waals surface area contributed by atoms with E-state index < -0.39 is 0 Å². The lowest BCUT2D eigenvalue weighted by molar-refractivity contribution is 0.305. The van der Waals surface area contributed by atoms with Gasteiger partial charge >= 0.3 is 0 Å². The summed E-state index contributed by atoms with van der Waals surface area (Å²) in [5, 5.41) is 14.2. The van der Waals surface area contributed by atoms with Crippen molar-refractivity contribution in [3.8, 4) is 28.3 Å². The van der Waals surface area contributed by atoms with Crippen molar-refractivity contribution in [1.82, 2.24) is 25.6 Å². The Morgan fingerprint density at radius 1 is 0.964 bits per heavy atom. The number of nitrogens with zero attached hydrogens (tertiary/aromatic N) is 4. The fraction of sp³-hybridized carbons (Fsp3) is 0.182. The van der Waals surface area contributed by atoms with Crippen LogP contribution in [0.4, 0.5) is 0 Å². The molecule has 0 saturated carbocycles. The van der Waals surface area contributed by atoms with Gasteiger partial charge < -0.3 is 4.74 Å². The number of hydrogen-bond acceptors (Lipinski definition) is 5. The molecule has 0 fully saturated rings. The van der Waals surface area contributed by atoms with E-state index in [1.807, 2.05) is 37.3 Å². The Kier molecular flexibility index (Phi) is 5.10. The standard InChI is InChI=1S/C22H21N5O/c1-3-18-13-19(12-15(2)23-18)28-14-16-8-10-17(11-9-16)20-6-4-5-7-21(20)22-24-26-27-25-22/h4-13H,3,14H2,1-2H3,(H,24,25,26,27). The number of hydrogen-bond donors (Lipinski definition) is 1. The minimum atomic E-state index is 0.514. The average Bonchev–Trinajstić information content (AvgIpc) is 3.27. The van der Waals surface area contributed by atoms with E-state index in [0.29, 0.717) is 12.4 Å². The Bertz CT molecular complexity index is 1060. The lowest BCUT2D eigenvalue weighted by Gasteiger charge is -2.10. The highest BCUT2D eigenvalue weighted by Gasteiger charge is 2.10. The fourth-order valence-corrected chi connectivity index (χ4v) is 3.13. The largest absolute Gasteiger partial charge is 0.489 e. The van der Waals surface area contributed by atoms with Gasteiger partial charge in [-0.2, -0.15) is 0 Å². The lowest BCUT2D eigenvalue weighted by Crippen LogP contribution is -1.98. The fourth-order valence-electron chi connectivity index (χ4n) is 3.13. The van der Waals surface area contributed by atoms with Crippen molar-refractivity contribution in [2.24, 2.45) is 0 Å². The summed E-state index contributed by atoms with van der Waals surface area (Å²) >= 11 is 0. The van der Waals surface area contributed by atoms with E-state index in [1.165, 1.54) is 0 Å². The van der Waals surface area contributed by atoms with Crippen LogP contribution in [0.1, 0.15) is 23.9 Å². The molecule has 0 radical (unpaired) electrons. The van der Waals surface area contributed by atoms with Crippen LogP contribution in [0.25, 0.3) is 22.5 Å². The summed E-state index contributed by atoms with van der Waals surface area (Å²) < 4.78 is 5.97. The summed E-state index contributed by atoms with van der Waals surface area (Å²) in [5.74, 6) is 1.51. The van der Waals surface area contributed by atoms with Crippen LogP contribution in [-0.2, 0) is 13.0 Å². The number of aromatic amines is 1. The van der Waals surface area contributed by atoms with Crippen molar-refractivity contribution >= 4 is 0 Å². The monoisotopic (exact) mass is 371 g/mol. The van der Waals surface area contributed by atoms with Crippen LogP contribution >= 0.6 is 0 Å². The average molecular weight is 371 g/mol. The number of H-pyrrole nitrogens is 1. The summed E-state index contributed by atoms with van der Waals surface area (Å²) in [6, 6.07) is 20.4. The molecule has 0 aliphatic heterocycles. The number of nitrogens with one attached hydrogen (secondary N) is 1.